The third kappa shape index (κ3) is 7.13. The Morgan fingerprint density at radius 2 is 1.78 bits per heavy atom. The molecule has 0 unspecified atom stereocenters. The van der Waals surface area contributed by atoms with Crippen molar-refractivity contribution in [1.82, 2.24) is 4.90 Å². The van der Waals surface area contributed by atoms with Crippen molar-refractivity contribution in [3.63, 3.8) is 0 Å². The molecule has 1 fully saturated rings. The number of nitrogens with zero attached hydrogens (tertiary/aromatic N) is 1. The van der Waals surface area contributed by atoms with E-state index in [1.165, 1.54) is 4.90 Å². The van der Waals surface area contributed by atoms with Crippen LogP contribution in [-0.4, -0.2) is 35.8 Å². The van der Waals surface area contributed by atoms with Crippen LogP contribution in [-0.2, 0) is 11.4 Å². The fraction of sp³-hybridized carbons (Fsp3) is 0.185. The zero-order chi connectivity index (χ0) is 26.4. The molecule has 0 aliphatic carbocycles. The quantitative estimate of drug-likeness (QED) is 0.163. The largest absolute Gasteiger partial charge is 0.492 e. The number of benzene rings is 3. The number of carbonyl (C=O) groups excluding carboxylic acids is 2. The van der Waals surface area contributed by atoms with Crippen molar-refractivity contribution < 1.29 is 23.8 Å². The van der Waals surface area contributed by atoms with E-state index in [9.17, 15) is 9.59 Å². The first-order valence-electron chi connectivity index (χ1n) is 11.3. The lowest BCUT2D eigenvalue weighted by atomic mass is 10.1. The lowest BCUT2D eigenvalue weighted by molar-refractivity contribution is -0.123. The molecule has 0 aromatic heterocycles. The molecule has 0 radical (unpaired) electrons. The molecule has 1 aliphatic rings. The third-order valence-corrected chi connectivity index (χ3v) is 7.51. The number of carbonyl (C=O) groups is 2. The van der Waals surface area contributed by atoms with Gasteiger partial charge in [0.05, 0.1) is 21.6 Å². The molecule has 0 atom stereocenters. The van der Waals surface area contributed by atoms with Crippen LogP contribution in [0.1, 0.15) is 18.1 Å². The van der Waals surface area contributed by atoms with Crippen molar-refractivity contribution in [1.29, 1.82) is 0 Å². The van der Waals surface area contributed by atoms with Crippen molar-refractivity contribution in [3.05, 3.63) is 90.3 Å². The van der Waals surface area contributed by atoms with Crippen molar-refractivity contribution in [2.24, 2.45) is 0 Å². The van der Waals surface area contributed by atoms with Gasteiger partial charge in [-0.3, -0.25) is 14.5 Å². The minimum atomic E-state index is -0.350. The summed E-state index contributed by atoms with van der Waals surface area (Å²) in [5, 5.41) is 0.741. The lowest BCUT2D eigenvalue weighted by Crippen LogP contribution is -2.32. The number of thioether (sulfide) groups is 1. The van der Waals surface area contributed by atoms with Crippen LogP contribution in [0.4, 0.5) is 4.79 Å². The molecule has 0 saturated carbocycles. The molecule has 3 aromatic carbocycles. The number of rotatable bonds is 10. The Morgan fingerprint density at radius 1 is 1.00 bits per heavy atom. The van der Waals surface area contributed by atoms with Crippen molar-refractivity contribution in [2.75, 3.05) is 19.8 Å². The van der Waals surface area contributed by atoms with E-state index in [0.717, 1.165) is 26.5 Å². The van der Waals surface area contributed by atoms with Gasteiger partial charge in [0.25, 0.3) is 11.1 Å². The van der Waals surface area contributed by atoms with E-state index < -0.39 is 0 Å². The van der Waals surface area contributed by atoms with Crippen LogP contribution in [0.3, 0.4) is 0 Å². The average molecular weight is 670 g/mol. The molecule has 2 amide bonds. The SMILES string of the molecule is CCOc1cc(/C=C2\SC(=O)N(CCOc3ccccc3)C2=O)cc(I)c1OCc1ccc(Cl)cc1Cl. The van der Waals surface area contributed by atoms with Gasteiger partial charge in [0.15, 0.2) is 11.5 Å². The molecule has 192 valence electrons. The summed E-state index contributed by atoms with van der Waals surface area (Å²) in [6.45, 7) is 2.91. The van der Waals surface area contributed by atoms with Crippen molar-refractivity contribution >= 4 is 74.8 Å². The zero-order valence-electron chi connectivity index (χ0n) is 19.7. The molecule has 6 nitrogen and oxygen atoms in total. The van der Waals surface area contributed by atoms with Crippen LogP contribution in [0, 0.1) is 3.57 Å². The molecule has 10 heteroatoms. The summed E-state index contributed by atoms with van der Waals surface area (Å²) in [6.07, 6.45) is 1.69. The summed E-state index contributed by atoms with van der Waals surface area (Å²) in [5.41, 5.74) is 1.51. The van der Waals surface area contributed by atoms with E-state index in [1.807, 2.05) is 49.4 Å². The monoisotopic (exact) mass is 669 g/mol. The first-order chi connectivity index (χ1) is 17.9. The number of hydrogen-bond acceptors (Lipinski definition) is 6. The van der Waals surface area contributed by atoms with E-state index >= 15 is 0 Å². The van der Waals surface area contributed by atoms with Crippen molar-refractivity contribution in [3.8, 4) is 17.2 Å². The fourth-order valence-corrected chi connectivity index (χ4v) is 5.59. The highest BCUT2D eigenvalue weighted by Gasteiger charge is 2.35. The van der Waals surface area contributed by atoms with Gasteiger partial charge in [0, 0.05) is 15.6 Å². The fourth-order valence-electron chi connectivity index (χ4n) is 3.48. The Kier molecular flexibility index (Phi) is 9.64. The van der Waals surface area contributed by atoms with Gasteiger partial charge in [0.1, 0.15) is 19.0 Å². The molecule has 1 saturated heterocycles. The maximum absolute atomic E-state index is 12.9. The van der Waals surface area contributed by atoms with Crippen LogP contribution < -0.4 is 14.2 Å². The molecule has 0 N–H and O–H groups in total. The van der Waals surface area contributed by atoms with Crippen LogP contribution in [0.25, 0.3) is 6.08 Å². The number of imide groups is 1. The first kappa shape index (κ1) is 27.6. The standard InChI is InChI=1S/C27H22Cl2INO5S/c1-2-34-23-13-17(12-22(30)25(23)36-16-18-8-9-19(28)15-21(18)29)14-24-26(32)31(27(33)37-24)10-11-35-20-6-4-3-5-7-20/h3-9,12-15H,2,10-11,16H2,1H3/b24-14-. The predicted octanol–water partition coefficient (Wildman–Crippen LogP) is 7.69. The molecule has 1 heterocycles. The van der Waals surface area contributed by atoms with Crippen LogP contribution in [0.15, 0.2) is 65.6 Å². The second-order valence-electron chi connectivity index (χ2n) is 7.78. The van der Waals surface area contributed by atoms with Gasteiger partial charge in [-0.05, 0) is 89.3 Å². The number of hydrogen-bond donors (Lipinski definition) is 0. The Balaban J connectivity index is 1.47. The Hall–Kier alpha value is -2.40. The van der Waals surface area contributed by atoms with Gasteiger partial charge < -0.3 is 14.2 Å². The predicted molar refractivity (Wildman–Crippen MR) is 156 cm³/mol. The topological polar surface area (TPSA) is 65.1 Å². The number of amides is 2. The summed E-state index contributed by atoms with van der Waals surface area (Å²) < 4.78 is 18.3. The second-order valence-corrected chi connectivity index (χ2v) is 10.8. The van der Waals surface area contributed by atoms with Gasteiger partial charge in [0.2, 0.25) is 0 Å². The van der Waals surface area contributed by atoms with Gasteiger partial charge >= 0.3 is 0 Å². The minimum absolute atomic E-state index is 0.165. The van der Waals surface area contributed by atoms with E-state index in [-0.39, 0.29) is 30.9 Å². The van der Waals surface area contributed by atoms with Gasteiger partial charge in [-0.2, -0.15) is 0 Å². The summed E-state index contributed by atoms with van der Waals surface area (Å²) >= 11 is 15.3. The molecule has 3 aromatic rings. The normalized spacial score (nSPS) is 14.4. The van der Waals surface area contributed by atoms with Gasteiger partial charge in [-0.15, -0.1) is 0 Å². The summed E-state index contributed by atoms with van der Waals surface area (Å²) in [6, 6.07) is 18.1. The van der Waals surface area contributed by atoms with Gasteiger partial charge in [-0.1, -0.05) is 47.5 Å². The number of para-hydroxylation sites is 1. The zero-order valence-corrected chi connectivity index (χ0v) is 24.2. The van der Waals surface area contributed by atoms with Crippen LogP contribution in [0.2, 0.25) is 10.0 Å². The van der Waals surface area contributed by atoms with E-state index in [2.05, 4.69) is 22.6 Å². The van der Waals surface area contributed by atoms with Crippen LogP contribution >= 0.6 is 57.6 Å². The van der Waals surface area contributed by atoms with Crippen molar-refractivity contribution in [2.45, 2.75) is 13.5 Å². The molecular formula is C27H22Cl2INO5S. The summed E-state index contributed by atoms with van der Waals surface area (Å²) in [4.78, 5) is 26.9. The Labute approximate surface area is 243 Å². The van der Waals surface area contributed by atoms with E-state index in [1.54, 1.807) is 24.3 Å². The molecule has 0 spiro atoms. The maximum atomic E-state index is 12.9. The van der Waals surface area contributed by atoms with Gasteiger partial charge in [-0.25, -0.2) is 0 Å². The smallest absolute Gasteiger partial charge is 0.293 e. The molecule has 0 bridgehead atoms. The number of halogens is 3. The molecule has 1 aliphatic heterocycles. The lowest BCUT2D eigenvalue weighted by Gasteiger charge is -2.15. The molecule has 4 rings (SSSR count). The first-order valence-corrected chi connectivity index (χ1v) is 14.0. The maximum Gasteiger partial charge on any atom is 0.293 e. The van der Waals surface area contributed by atoms with E-state index in [4.69, 9.17) is 37.4 Å². The highest BCUT2D eigenvalue weighted by atomic mass is 127. The van der Waals surface area contributed by atoms with Crippen LogP contribution in [0.5, 0.6) is 17.2 Å². The molecular weight excluding hydrogens is 648 g/mol. The average Bonchev–Trinajstić information content (AvgIpc) is 3.12. The second kappa shape index (κ2) is 12.9. The number of ether oxygens (including phenoxy) is 3. The highest BCUT2D eigenvalue weighted by molar-refractivity contribution is 14.1. The molecule has 37 heavy (non-hydrogen) atoms. The minimum Gasteiger partial charge on any atom is -0.492 e. The Bertz CT molecular complexity index is 1340. The Morgan fingerprint density at radius 3 is 2.51 bits per heavy atom. The third-order valence-electron chi connectivity index (χ3n) is 5.22. The summed E-state index contributed by atoms with van der Waals surface area (Å²) in [7, 11) is 0. The summed E-state index contributed by atoms with van der Waals surface area (Å²) in [5.74, 6) is 1.43. The highest BCUT2D eigenvalue weighted by Crippen LogP contribution is 2.38. The van der Waals surface area contributed by atoms with E-state index in [0.29, 0.717) is 38.8 Å².